The summed E-state index contributed by atoms with van der Waals surface area (Å²) in [4.78, 5) is 8.68. The number of hydrogen-bond acceptors (Lipinski definition) is 2. The van der Waals surface area contributed by atoms with Crippen LogP contribution in [0.4, 0.5) is 0 Å². The van der Waals surface area contributed by atoms with Gasteiger partial charge in [-0.15, -0.1) is 0 Å². The van der Waals surface area contributed by atoms with Gasteiger partial charge in [0.05, 0.1) is 12.4 Å². The van der Waals surface area contributed by atoms with Crippen LogP contribution in [-0.4, -0.2) is 11.3 Å². The van der Waals surface area contributed by atoms with Gasteiger partial charge in [0.1, 0.15) is 0 Å². The SMILES string of the molecule is NC=NC(/C=C/c1ccc(-c2cccnc2)cc1)c1ccc(-c2cccc3ccccc23)cc1. The van der Waals surface area contributed by atoms with Gasteiger partial charge >= 0.3 is 0 Å². The largest absolute Gasteiger partial charge is 0.390 e. The molecule has 0 aliphatic heterocycles. The highest BCUT2D eigenvalue weighted by Gasteiger charge is 2.08. The average molecular weight is 440 g/mol. The quantitative estimate of drug-likeness (QED) is 0.223. The van der Waals surface area contributed by atoms with Crippen molar-refractivity contribution in [3.8, 4) is 22.3 Å². The average Bonchev–Trinajstić information content (AvgIpc) is 2.92. The lowest BCUT2D eigenvalue weighted by Gasteiger charge is -2.11. The van der Waals surface area contributed by atoms with Crippen LogP contribution in [0.15, 0.2) is 127 Å². The van der Waals surface area contributed by atoms with Crippen molar-refractivity contribution < 1.29 is 0 Å². The second-order valence-corrected chi connectivity index (χ2v) is 8.11. The molecule has 1 unspecified atom stereocenters. The third-order valence-corrected chi connectivity index (χ3v) is 5.98. The molecule has 2 N–H and O–H groups in total. The Labute approximate surface area is 200 Å². The molecule has 0 saturated carbocycles. The van der Waals surface area contributed by atoms with Crippen LogP contribution in [0.1, 0.15) is 17.2 Å². The smallest absolute Gasteiger partial charge is 0.0950 e. The highest BCUT2D eigenvalue weighted by Crippen LogP contribution is 2.30. The predicted octanol–water partition coefficient (Wildman–Crippen LogP) is 7.31. The molecule has 1 atom stereocenters. The van der Waals surface area contributed by atoms with Crippen molar-refractivity contribution >= 4 is 23.2 Å². The molecule has 34 heavy (non-hydrogen) atoms. The number of hydrogen-bond donors (Lipinski definition) is 1. The molecule has 0 amide bonds. The van der Waals surface area contributed by atoms with Crippen LogP contribution in [-0.2, 0) is 0 Å². The van der Waals surface area contributed by atoms with Gasteiger partial charge in [0.15, 0.2) is 0 Å². The molecule has 3 nitrogen and oxygen atoms in total. The third-order valence-electron chi connectivity index (χ3n) is 5.98. The van der Waals surface area contributed by atoms with Gasteiger partial charge in [0, 0.05) is 12.4 Å². The van der Waals surface area contributed by atoms with E-state index in [-0.39, 0.29) is 6.04 Å². The Bertz CT molecular complexity index is 1430. The summed E-state index contributed by atoms with van der Waals surface area (Å²) in [5.74, 6) is 0. The first-order valence-electron chi connectivity index (χ1n) is 11.3. The van der Waals surface area contributed by atoms with E-state index >= 15 is 0 Å². The first kappa shape index (κ1) is 21.4. The Morgan fingerprint density at radius 2 is 1.47 bits per heavy atom. The van der Waals surface area contributed by atoms with E-state index in [1.807, 2.05) is 12.3 Å². The molecule has 164 valence electrons. The Morgan fingerprint density at radius 3 is 2.24 bits per heavy atom. The van der Waals surface area contributed by atoms with Crippen molar-refractivity contribution in [2.24, 2.45) is 10.7 Å². The minimum atomic E-state index is -0.149. The summed E-state index contributed by atoms with van der Waals surface area (Å²) in [6.07, 6.45) is 9.20. The minimum absolute atomic E-state index is 0.149. The Hall–Kier alpha value is -4.50. The van der Waals surface area contributed by atoms with E-state index in [1.165, 1.54) is 28.2 Å². The fraction of sp³-hybridized carbons (Fsp3) is 0.0323. The lowest BCUT2D eigenvalue weighted by molar-refractivity contribution is 0.921. The van der Waals surface area contributed by atoms with Crippen LogP contribution in [0.2, 0.25) is 0 Å². The van der Waals surface area contributed by atoms with Crippen LogP contribution < -0.4 is 5.73 Å². The lowest BCUT2D eigenvalue weighted by atomic mass is 9.96. The van der Waals surface area contributed by atoms with Gasteiger partial charge in [-0.2, -0.15) is 0 Å². The van der Waals surface area contributed by atoms with E-state index in [9.17, 15) is 0 Å². The summed E-state index contributed by atoms with van der Waals surface area (Å²) in [6.45, 7) is 0. The zero-order valence-corrected chi connectivity index (χ0v) is 18.8. The van der Waals surface area contributed by atoms with Crippen molar-refractivity contribution in [3.05, 3.63) is 133 Å². The first-order chi connectivity index (χ1) is 16.8. The lowest BCUT2D eigenvalue weighted by Crippen LogP contribution is -1.97. The molecule has 5 aromatic rings. The number of nitrogens with two attached hydrogens (primary N) is 1. The van der Waals surface area contributed by atoms with Crippen molar-refractivity contribution in [2.45, 2.75) is 6.04 Å². The van der Waals surface area contributed by atoms with Gasteiger partial charge < -0.3 is 5.73 Å². The van der Waals surface area contributed by atoms with Crippen molar-refractivity contribution in [1.29, 1.82) is 0 Å². The maximum atomic E-state index is 5.67. The summed E-state index contributed by atoms with van der Waals surface area (Å²) < 4.78 is 0. The summed E-state index contributed by atoms with van der Waals surface area (Å²) >= 11 is 0. The molecule has 5 rings (SSSR count). The Morgan fingerprint density at radius 1 is 0.706 bits per heavy atom. The molecule has 4 aromatic carbocycles. The molecule has 3 heteroatoms. The second kappa shape index (κ2) is 9.97. The normalized spacial score (nSPS) is 12.5. The molecular formula is C31H25N3. The zero-order valence-electron chi connectivity index (χ0n) is 18.8. The fourth-order valence-electron chi connectivity index (χ4n) is 4.20. The number of aromatic nitrogens is 1. The van der Waals surface area contributed by atoms with E-state index in [1.54, 1.807) is 6.20 Å². The summed E-state index contributed by atoms with van der Waals surface area (Å²) in [6, 6.07) is 35.8. The van der Waals surface area contributed by atoms with E-state index in [2.05, 4.69) is 119 Å². The summed E-state index contributed by atoms with van der Waals surface area (Å²) in [5.41, 5.74) is 12.5. The van der Waals surface area contributed by atoms with Crippen LogP contribution in [0.3, 0.4) is 0 Å². The van der Waals surface area contributed by atoms with Gasteiger partial charge in [-0.1, -0.05) is 109 Å². The number of pyridine rings is 1. The number of rotatable bonds is 6. The van der Waals surface area contributed by atoms with Crippen LogP contribution in [0, 0.1) is 0 Å². The number of aliphatic imine (C=N–C) groups is 1. The highest BCUT2D eigenvalue weighted by molar-refractivity contribution is 5.96. The van der Waals surface area contributed by atoms with E-state index in [0.717, 1.165) is 22.3 Å². The topological polar surface area (TPSA) is 51.3 Å². The van der Waals surface area contributed by atoms with Gasteiger partial charge in [-0.05, 0) is 50.2 Å². The number of nitrogens with zero attached hydrogens (tertiary/aromatic N) is 2. The molecule has 0 fully saturated rings. The molecule has 1 heterocycles. The standard InChI is InChI=1S/C31H25N3/c32-22-34-31(19-12-23-10-13-24(14-11-23)28-7-4-20-33-21-28)27-17-15-26(16-18-27)30-9-3-6-25-5-1-2-8-29(25)30/h1-22,31H,(H2,32,34)/b19-12+. The molecule has 0 bridgehead atoms. The second-order valence-electron chi connectivity index (χ2n) is 8.11. The van der Waals surface area contributed by atoms with E-state index < -0.39 is 0 Å². The number of benzene rings is 4. The van der Waals surface area contributed by atoms with Gasteiger partial charge in [0.25, 0.3) is 0 Å². The molecule has 1 aromatic heterocycles. The Balaban J connectivity index is 1.37. The first-order valence-corrected chi connectivity index (χ1v) is 11.3. The summed E-state index contributed by atoms with van der Waals surface area (Å²) in [5, 5.41) is 2.50. The van der Waals surface area contributed by atoms with Crippen molar-refractivity contribution in [3.63, 3.8) is 0 Å². The van der Waals surface area contributed by atoms with Crippen molar-refractivity contribution in [1.82, 2.24) is 4.98 Å². The van der Waals surface area contributed by atoms with Gasteiger partial charge in [0.2, 0.25) is 0 Å². The predicted molar refractivity (Wildman–Crippen MR) is 144 cm³/mol. The monoisotopic (exact) mass is 439 g/mol. The van der Waals surface area contributed by atoms with E-state index in [0.29, 0.717) is 0 Å². The molecule has 0 saturated heterocycles. The number of fused-ring (bicyclic) bond motifs is 1. The summed E-state index contributed by atoms with van der Waals surface area (Å²) in [7, 11) is 0. The van der Waals surface area contributed by atoms with Crippen LogP contribution >= 0.6 is 0 Å². The van der Waals surface area contributed by atoms with Crippen LogP contribution in [0.5, 0.6) is 0 Å². The third kappa shape index (κ3) is 4.64. The molecule has 0 aliphatic carbocycles. The van der Waals surface area contributed by atoms with Crippen molar-refractivity contribution in [2.75, 3.05) is 0 Å². The molecule has 0 aliphatic rings. The van der Waals surface area contributed by atoms with E-state index in [4.69, 9.17) is 5.73 Å². The maximum absolute atomic E-state index is 5.67. The van der Waals surface area contributed by atoms with Crippen LogP contribution in [0.25, 0.3) is 39.1 Å². The van der Waals surface area contributed by atoms with Gasteiger partial charge in [-0.25, -0.2) is 0 Å². The molecular weight excluding hydrogens is 414 g/mol. The highest BCUT2D eigenvalue weighted by atomic mass is 14.8. The van der Waals surface area contributed by atoms with Gasteiger partial charge in [-0.3, -0.25) is 9.98 Å². The molecule has 0 spiro atoms. The maximum Gasteiger partial charge on any atom is 0.0950 e. The Kier molecular flexibility index (Phi) is 6.26. The fourth-order valence-corrected chi connectivity index (χ4v) is 4.20. The zero-order chi connectivity index (χ0) is 23.2. The minimum Gasteiger partial charge on any atom is -0.390 e. The molecule has 0 radical (unpaired) electrons.